The van der Waals surface area contributed by atoms with E-state index in [0.29, 0.717) is 6.61 Å². The summed E-state index contributed by atoms with van der Waals surface area (Å²) in [6.07, 6.45) is 6.07. The fourth-order valence-corrected chi connectivity index (χ4v) is 3.53. The standard InChI is InChI=1S/C20H21NO/c1-20-11-5-8-17(20)12-16-13-18(9-10-19(16)21-20)22-14-15-6-3-2-4-7-15/h2-4,6-7,9-10,12-13,21H,5,8,11,14H2,1H3. The molecule has 2 aromatic carbocycles. The van der Waals surface area contributed by atoms with Crippen LogP contribution in [-0.4, -0.2) is 5.54 Å². The largest absolute Gasteiger partial charge is 0.489 e. The van der Waals surface area contributed by atoms with Gasteiger partial charge in [-0.2, -0.15) is 0 Å². The summed E-state index contributed by atoms with van der Waals surface area (Å²) in [5, 5.41) is 3.71. The summed E-state index contributed by atoms with van der Waals surface area (Å²) in [7, 11) is 0. The maximum atomic E-state index is 5.94. The highest BCUT2D eigenvalue weighted by molar-refractivity contribution is 5.76. The molecule has 1 atom stereocenters. The zero-order valence-corrected chi connectivity index (χ0v) is 12.9. The fraction of sp³-hybridized carbons (Fsp3) is 0.300. The van der Waals surface area contributed by atoms with Crippen LogP contribution in [0.1, 0.15) is 37.3 Å². The Balaban J connectivity index is 1.55. The predicted octanol–water partition coefficient (Wildman–Crippen LogP) is 5.02. The number of fused-ring (bicyclic) bond motifs is 2. The molecule has 0 radical (unpaired) electrons. The van der Waals surface area contributed by atoms with Crippen LogP contribution in [0.2, 0.25) is 0 Å². The van der Waals surface area contributed by atoms with Crippen LogP contribution < -0.4 is 10.1 Å². The molecule has 0 bridgehead atoms. The monoisotopic (exact) mass is 291 g/mol. The summed E-state index contributed by atoms with van der Waals surface area (Å²) in [5.41, 5.74) is 5.36. The van der Waals surface area contributed by atoms with Gasteiger partial charge in [-0.15, -0.1) is 0 Å². The third kappa shape index (κ3) is 2.39. The minimum absolute atomic E-state index is 0.166. The molecular weight excluding hydrogens is 270 g/mol. The minimum atomic E-state index is 0.166. The first-order valence-corrected chi connectivity index (χ1v) is 8.03. The Hall–Kier alpha value is -2.22. The summed E-state index contributed by atoms with van der Waals surface area (Å²) in [6.45, 7) is 2.93. The number of hydrogen-bond acceptors (Lipinski definition) is 2. The highest BCUT2D eigenvalue weighted by atomic mass is 16.5. The molecule has 1 aliphatic heterocycles. The van der Waals surface area contributed by atoms with E-state index in [-0.39, 0.29) is 5.54 Å². The molecule has 4 rings (SSSR count). The summed E-state index contributed by atoms with van der Waals surface area (Å²) in [4.78, 5) is 0. The SMILES string of the molecule is CC12CCCC1=Cc1cc(OCc3ccccc3)ccc1N2. The molecule has 2 nitrogen and oxygen atoms in total. The van der Waals surface area contributed by atoms with E-state index in [1.165, 1.54) is 41.6 Å². The second-order valence-electron chi connectivity index (χ2n) is 6.50. The Morgan fingerprint density at radius 3 is 2.86 bits per heavy atom. The van der Waals surface area contributed by atoms with Crippen molar-refractivity contribution in [3.8, 4) is 5.75 Å². The molecule has 1 saturated carbocycles. The lowest BCUT2D eigenvalue weighted by Gasteiger charge is -2.34. The number of anilines is 1. The van der Waals surface area contributed by atoms with Gasteiger partial charge in [-0.1, -0.05) is 36.4 Å². The van der Waals surface area contributed by atoms with E-state index in [2.05, 4.69) is 48.6 Å². The molecule has 0 aromatic heterocycles. The molecule has 22 heavy (non-hydrogen) atoms. The van der Waals surface area contributed by atoms with Crippen molar-refractivity contribution in [3.63, 3.8) is 0 Å². The average molecular weight is 291 g/mol. The molecule has 1 fully saturated rings. The van der Waals surface area contributed by atoms with E-state index in [0.717, 1.165) is 5.75 Å². The van der Waals surface area contributed by atoms with Crippen molar-refractivity contribution in [2.45, 2.75) is 38.3 Å². The summed E-state index contributed by atoms with van der Waals surface area (Å²) in [6, 6.07) is 16.6. The van der Waals surface area contributed by atoms with Crippen LogP contribution in [0.5, 0.6) is 5.75 Å². The van der Waals surface area contributed by atoms with Crippen LogP contribution in [0.15, 0.2) is 54.1 Å². The van der Waals surface area contributed by atoms with Crippen LogP contribution >= 0.6 is 0 Å². The Morgan fingerprint density at radius 2 is 2.00 bits per heavy atom. The predicted molar refractivity (Wildman–Crippen MR) is 91.1 cm³/mol. The molecule has 0 amide bonds. The van der Waals surface area contributed by atoms with Gasteiger partial charge < -0.3 is 10.1 Å². The van der Waals surface area contributed by atoms with Gasteiger partial charge in [-0.3, -0.25) is 0 Å². The van der Waals surface area contributed by atoms with Gasteiger partial charge in [0.05, 0.1) is 5.54 Å². The van der Waals surface area contributed by atoms with Crippen LogP contribution in [0, 0.1) is 0 Å². The topological polar surface area (TPSA) is 21.3 Å². The first-order chi connectivity index (χ1) is 10.7. The second kappa shape index (κ2) is 5.20. The number of hydrogen-bond donors (Lipinski definition) is 1. The van der Waals surface area contributed by atoms with Crippen molar-refractivity contribution in [2.24, 2.45) is 0 Å². The maximum absolute atomic E-state index is 5.94. The summed E-state index contributed by atoms with van der Waals surface area (Å²) in [5.74, 6) is 0.933. The quantitative estimate of drug-likeness (QED) is 0.857. The van der Waals surface area contributed by atoms with Crippen molar-refractivity contribution < 1.29 is 4.74 Å². The Morgan fingerprint density at radius 1 is 1.14 bits per heavy atom. The fourth-order valence-electron chi connectivity index (χ4n) is 3.53. The van der Waals surface area contributed by atoms with E-state index in [4.69, 9.17) is 4.74 Å². The number of benzene rings is 2. The van der Waals surface area contributed by atoms with Crippen LogP contribution in [0.3, 0.4) is 0 Å². The summed E-state index contributed by atoms with van der Waals surface area (Å²) < 4.78 is 5.94. The first-order valence-electron chi connectivity index (χ1n) is 8.03. The van der Waals surface area contributed by atoms with Gasteiger partial charge in [0.15, 0.2) is 0 Å². The van der Waals surface area contributed by atoms with E-state index >= 15 is 0 Å². The third-order valence-electron chi connectivity index (χ3n) is 4.84. The van der Waals surface area contributed by atoms with Gasteiger partial charge in [0, 0.05) is 11.3 Å². The van der Waals surface area contributed by atoms with E-state index in [9.17, 15) is 0 Å². The zero-order valence-electron chi connectivity index (χ0n) is 12.9. The van der Waals surface area contributed by atoms with Crippen molar-refractivity contribution >= 4 is 11.8 Å². The number of rotatable bonds is 3. The Bertz CT molecular complexity index is 720. The van der Waals surface area contributed by atoms with E-state index in [1.54, 1.807) is 0 Å². The summed E-state index contributed by atoms with van der Waals surface area (Å²) >= 11 is 0. The highest BCUT2D eigenvalue weighted by Gasteiger charge is 2.36. The molecular formula is C20H21NO. The lowest BCUT2D eigenvalue weighted by molar-refractivity contribution is 0.306. The van der Waals surface area contributed by atoms with Crippen LogP contribution in [-0.2, 0) is 6.61 Å². The lowest BCUT2D eigenvalue weighted by atomic mass is 9.89. The van der Waals surface area contributed by atoms with Crippen molar-refractivity contribution in [3.05, 3.63) is 65.2 Å². The lowest BCUT2D eigenvalue weighted by Crippen LogP contribution is -2.35. The van der Waals surface area contributed by atoms with Gasteiger partial charge in [0.25, 0.3) is 0 Å². The molecule has 0 spiro atoms. The molecule has 2 heteroatoms. The maximum Gasteiger partial charge on any atom is 0.120 e. The normalized spacial score (nSPS) is 22.3. The minimum Gasteiger partial charge on any atom is -0.489 e. The van der Waals surface area contributed by atoms with E-state index in [1.807, 2.05) is 18.2 Å². The zero-order chi connectivity index (χ0) is 15.0. The van der Waals surface area contributed by atoms with Gasteiger partial charge in [0.1, 0.15) is 12.4 Å². The molecule has 1 aliphatic carbocycles. The average Bonchev–Trinajstić information content (AvgIpc) is 2.91. The van der Waals surface area contributed by atoms with Gasteiger partial charge >= 0.3 is 0 Å². The third-order valence-corrected chi connectivity index (χ3v) is 4.84. The molecule has 1 heterocycles. The van der Waals surface area contributed by atoms with Crippen molar-refractivity contribution in [2.75, 3.05) is 5.32 Å². The molecule has 2 aliphatic rings. The molecule has 2 aromatic rings. The van der Waals surface area contributed by atoms with Crippen molar-refractivity contribution in [1.82, 2.24) is 0 Å². The Kier molecular flexibility index (Phi) is 3.18. The molecule has 112 valence electrons. The Labute approximate surface area is 131 Å². The molecule has 1 unspecified atom stereocenters. The first kappa shape index (κ1) is 13.4. The van der Waals surface area contributed by atoms with E-state index < -0.39 is 0 Å². The van der Waals surface area contributed by atoms with Crippen LogP contribution in [0.25, 0.3) is 6.08 Å². The molecule has 0 saturated heterocycles. The van der Waals surface area contributed by atoms with Gasteiger partial charge in [-0.25, -0.2) is 0 Å². The van der Waals surface area contributed by atoms with Gasteiger partial charge in [0.2, 0.25) is 0 Å². The molecule has 1 N–H and O–H groups in total. The van der Waals surface area contributed by atoms with Crippen LogP contribution in [0.4, 0.5) is 5.69 Å². The van der Waals surface area contributed by atoms with Crippen molar-refractivity contribution in [1.29, 1.82) is 0 Å². The number of nitrogens with one attached hydrogen (secondary N) is 1. The number of ether oxygens (including phenoxy) is 1. The smallest absolute Gasteiger partial charge is 0.120 e. The second-order valence-corrected chi connectivity index (χ2v) is 6.50. The highest BCUT2D eigenvalue weighted by Crippen LogP contribution is 2.44. The van der Waals surface area contributed by atoms with Gasteiger partial charge in [-0.05, 0) is 55.5 Å².